The lowest BCUT2D eigenvalue weighted by Gasteiger charge is -2.28. The molecule has 1 amide bonds. The number of amides is 1. The Labute approximate surface area is 112 Å². The van der Waals surface area contributed by atoms with E-state index in [2.05, 4.69) is 5.32 Å². The normalized spacial score (nSPS) is 22.8. The number of aliphatic hydroxyl groups excluding tert-OH is 1. The molecule has 0 aromatic heterocycles. The minimum atomic E-state index is -0.468. The van der Waals surface area contributed by atoms with Crippen LogP contribution in [0.15, 0.2) is 18.2 Å². The molecule has 1 aliphatic rings. The third kappa shape index (κ3) is 2.98. The average molecular weight is 264 g/mol. The number of aliphatic hydroxyl groups is 1. The Balaban J connectivity index is 2.13. The third-order valence-corrected chi connectivity index (χ3v) is 3.54. The van der Waals surface area contributed by atoms with Gasteiger partial charge in [0.1, 0.15) is 0 Å². The fourth-order valence-electron chi connectivity index (χ4n) is 2.49. The summed E-state index contributed by atoms with van der Waals surface area (Å²) in [7, 11) is 1.48. The van der Waals surface area contributed by atoms with Gasteiger partial charge in [0.15, 0.2) is 5.75 Å². The van der Waals surface area contributed by atoms with Gasteiger partial charge in [-0.2, -0.15) is 0 Å². The predicted octanol–water partition coefficient (Wildman–Crippen LogP) is 1.31. The van der Waals surface area contributed by atoms with Crippen molar-refractivity contribution in [3.8, 4) is 5.75 Å². The Morgan fingerprint density at radius 3 is 2.84 bits per heavy atom. The smallest absolute Gasteiger partial charge is 0.255 e. The fourth-order valence-corrected chi connectivity index (χ4v) is 2.49. The van der Waals surface area contributed by atoms with Gasteiger partial charge in [-0.15, -0.1) is 0 Å². The highest BCUT2D eigenvalue weighted by atomic mass is 16.5. The van der Waals surface area contributed by atoms with E-state index in [1.807, 2.05) is 0 Å². The molecule has 0 radical (unpaired) electrons. The van der Waals surface area contributed by atoms with Crippen LogP contribution in [0.4, 0.5) is 5.69 Å². The van der Waals surface area contributed by atoms with Crippen molar-refractivity contribution in [3.05, 3.63) is 23.8 Å². The lowest BCUT2D eigenvalue weighted by molar-refractivity contribution is 0.0715. The summed E-state index contributed by atoms with van der Waals surface area (Å²) in [4.78, 5) is 12.2. The van der Waals surface area contributed by atoms with Crippen molar-refractivity contribution in [1.82, 2.24) is 5.32 Å². The Kier molecular flexibility index (Phi) is 4.27. The molecule has 5 heteroatoms. The monoisotopic (exact) mass is 264 g/mol. The van der Waals surface area contributed by atoms with Crippen LogP contribution in [0, 0.1) is 0 Å². The molecular formula is C14H20N2O3. The van der Waals surface area contributed by atoms with Crippen LogP contribution in [0.3, 0.4) is 0 Å². The number of carbonyl (C=O) groups is 1. The maximum atomic E-state index is 12.2. The summed E-state index contributed by atoms with van der Waals surface area (Å²) < 4.78 is 5.16. The molecule has 4 N–H and O–H groups in total. The maximum Gasteiger partial charge on any atom is 0.255 e. The molecular weight excluding hydrogens is 244 g/mol. The van der Waals surface area contributed by atoms with E-state index in [-0.39, 0.29) is 11.9 Å². The minimum absolute atomic E-state index is 0.188. The predicted molar refractivity (Wildman–Crippen MR) is 73.1 cm³/mol. The summed E-state index contributed by atoms with van der Waals surface area (Å²) in [6, 6.07) is 4.88. The van der Waals surface area contributed by atoms with Crippen LogP contribution in [0.25, 0.3) is 0 Å². The first-order valence-electron chi connectivity index (χ1n) is 6.55. The Hall–Kier alpha value is -1.75. The highest BCUT2D eigenvalue weighted by Crippen LogP contribution is 2.26. The maximum absolute atomic E-state index is 12.2. The first-order chi connectivity index (χ1) is 9.13. The Morgan fingerprint density at radius 2 is 2.16 bits per heavy atom. The largest absolute Gasteiger partial charge is 0.494 e. The van der Waals surface area contributed by atoms with Gasteiger partial charge in [-0.3, -0.25) is 4.79 Å². The van der Waals surface area contributed by atoms with Crippen LogP contribution in [-0.2, 0) is 0 Å². The first-order valence-corrected chi connectivity index (χ1v) is 6.55. The molecule has 2 rings (SSSR count). The van der Waals surface area contributed by atoms with Crippen LogP contribution in [0.2, 0.25) is 0 Å². The molecule has 1 saturated carbocycles. The molecule has 1 fully saturated rings. The zero-order chi connectivity index (χ0) is 13.8. The van der Waals surface area contributed by atoms with E-state index in [0.717, 1.165) is 25.7 Å². The second kappa shape index (κ2) is 5.93. The number of para-hydroxylation sites is 1. The lowest BCUT2D eigenvalue weighted by atomic mass is 9.92. The summed E-state index contributed by atoms with van der Waals surface area (Å²) in [6.07, 6.45) is 3.10. The van der Waals surface area contributed by atoms with Gasteiger partial charge >= 0.3 is 0 Å². The molecule has 1 aliphatic carbocycles. The number of benzene rings is 1. The van der Waals surface area contributed by atoms with Gasteiger partial charge in [0.2, 0.25) is 0 Å². The molecule has 2 atom stereocenters. The molecule has 0 bridgehead atoms. The highest BCUT2D eigenvalue weighted by Gasteiger charge is 2.26. The number of ether oxygens (including phenoxy) is 1. The van der Waals surface area contributed by atoms with Crippen molar-refractivity contribution in [2.24, 2.45) is 0 Å². The molecule has 0 spiro atoms. The third-order valence-electron chi connectivity index (χ3n) is 3.54. The van der Waals surface area contributed by atoms with Crippen LogP contribution in [-0.4, -0.2) is 30.3 Å². The molecule has 104 valence electrons. The van der Waals surface area contributed by atoms with Gasteiger partial charge in [-0.25, -0.2) is 0 Å². The van der Waals surface area contributed by atoms with Crippen LogP contribution >= 0.6 is 0 Å². The van der Waals surface area contributed by atoms with Crippen molar-refractivity contribution < 1.29 is 14.6 Å². The second-order valence-electron chi connectivity index (χ2n) is 4.86. The van der Waals surface area contributed by atoms with E-state index in [4.69, 9.17) is 10.5 Å². The topological polar surface area (TPSA) is 84.6 Å². The highest BCUT2D eigenvalue weighted by molar-refractivity contribution is 5.98. The van der Waals surface area contributed by atoms with E-state index in [1.165, 1.54) is 7.11 Å². The van der Waals surface area contributed by atoms with Crippen LogP contribution < -0.4 is 15.8 Å². The number of carbonyl (C=O) groups excluding carboxylic acids is 1. The van der Waals surface area contributed by atoms with E-state index < -0.39 is 6.10 Å². The molecule has 19 heavy (non-hydrogen) atoms. The number of hydrogen-bond donors (Lipinski definition) is 3. The standard InChI is InChI=1S/C14H20N2O3/c1-19-13-9(5-4-6-10(13)15)14(18)16-11-7-2-3-8-12(11)17/h4-6,11-12,17H,2-3,7-8,15H2,1H3,(H,16,18). The van der Waals surface area contributed by atoms with Gasteiger partial charge in [0, 0.05) is 0 Å². The van der Waals surface area contributed by atoms with Crippen molar-refractivity contribution in [2.45, 2.75) is 37.8 Å². The van der Waals surface area contributed by atoms with Crippen LogP contribution in [0.5, 0.6) is 5.75 Å². The van der Waals surface area contributed by atoms with Crippen molar-refractivity contribution >= 4 is 11.6 Å². The first kappa shape index (κ1) is 13.7. The van der Waals surface area contributed by atoms with E-state index in [9.17, 15) is 9.90 Å². The summed E-state index contributed by atoms with van der Waals surface area (Å²) >= 11 is 0. The lowest BCUT2D eigenvalue weighted by Crippen LogP contribution is -2.45. The summed E-state index contributed by atoms with van der Waals surface area (Å²) in [5.74, 6) is 0.125. The number of methoxy groups -OCH3 is 1. The SMILES string of the molecule is COc1c(N)cccc1C(=O)NC1CCCCC1O. The number of rotatable bonds is 3. The van der Waals surface area contributed by atoms with Crippen molar-refractivity contribution in [3.63, 3.8) is 0 Å². The zero-order valence-electron chi connectivity index (χ0n) is 11.1. The van der Waals surface area contributed by atoms with E-state index >= 15 is 0 Å². The Bertz CT molecular complexity index is 462. The van der Waals surface area contributed by atoms with Crippen LogP contribution in [0.1, 0.15) is 36.0 Å². The number of nitrogens with one attached hydrogen (secondary N) is 1. The molecule has 5 nitrogen and oxygen atoms in total. The zero-order valence-corrected chi connectivity index (χ0v) is 11.1. The molecule has 0 saturated heterocycles. The number of hydrogen-bond acceptors (Lipinski definition) is 4. The van der Waals surface area contributed by atoms with Gasteiger partial charge in [0.25, 0.3) is 5.91 Å². The van der Waals surface area contributed by atoms with Gasteiger partial charge < -0.3 is 20.9 Å². The van der Waals surface area contributed by atoms with Crippen molar-refractivity contribution in [1.29, 1.82) is 0 Å². The molecule has 1 aromatic carbocycles. The molecule has 2 unspecified atom stereocenters. The number of nitrogen functional groups attached to an aromatic ring is 1. The molecule has 0 heterocycles. The van der Waals surface area contributed by atoms with Gasteiger partial charge in [0.05, 0.1) is 30.5 Å². The average Bonchev–Trinajstić information content (AvgIpc) is 2.41. The second-order valence-corrected chi connectivity index (χ2v) is 4.86. The number of nitrogens with two attached hydrogens (primary N) is 1. The molecule has 1 aromatic rings. The van der Waals surface area contributed by atoms with E-state index in [1.54, 1.807) is 18.2 Å². The minimum Gasteiger partial charge on any atom is -0.494 e. The fraction of sp³-hybridized carbons (Fsp3) is 0.500. The quantitative estimate of drug-likeness (QED) is 0.719. The van der Waals surface area contributed by atoms with E-state index in [0.29, 0.717) is 17.0 Å². The Morgan fingerprint density at radius 1 is 1.42 bits per heavy atom. The number of anilines is 1. The summed E-state index contributed by atoms with van der Waals surface area (Å²) in [6.45, 7) is 0. The van der Waals surface area contributed by atoms with Gasteiger partial charge in [-0.1, -0.05) is 18.9 Å². The summed E-state index contributed by atoms with van der Waals surface area (Å²) in [5, 5.41) is 12.7. The summed E-state index contributed by atoms with van der Waals surface area (Å²) in [5.41, 5.74) is 6.61. The molecule has 0 aliphatic heterocycles. The van der Waals surface area contributed by atoms with Crippen molar-refractivity contribution in [2.75, 3.05) is 12.8 Å². The van der Waals surface area contributed by atoms with Gasteiger partial charge in [-0.05, 0) is 25.0 Å².